The molecule has 0 aliphatic heterocycles. The van der Waals surface area contributed by atoms with Gasteiger partial charge in [0.25, 0.3) is 0 Å². The van der Waals surface area contributed by atoms with Crippen molar-refractivity contribution in [3.63, 3.8) is 0 Å². The van der Waals surface area contributed by atoms with E-state index in [9.17, 15) is 13.2 Å². The number of fused-ring (bicyclic) bond motifs is 1. The lowest BCUT2D eigenvalue weighted by Crippen LogP contribution is -2.02. The summed E-state index contributed by atoms with van der Waals surface area (Å²) < 4.78 is 41.7. The monoisotopic (exact) mass is 264 g/mol. The van der Waals surface area contributed by atoms with Gasteiger partial charge in [0.2, 0.25) is 5.95 Å². The van der Waals surface area contributed by atoms with E-state index in [2.05, 4.69) is 10.1 Å². The fourth-order valence-electron chi connectivity index (χ4n) is 1.86. The van der Waals surface area contributed by atoms with Gasteiger partial charge in [-0.2, -0.15) is 0 Å². The molecule has 0 aliphatic rings. The molecule has 0 spiro atoms. The first-order valence-electron chi connectivity index (χ1n) is 5.32. The molecule has 1 aromatic carbocycles. The zero-order valence-electron chi connectivity index (χ0n) is 9.44. The number of hydrogen-bond acceptors (Lipinski definition) is 3. The molecule has 0 amide bonds. The Hall–Kier alpha value is -2.57. The Labute approximate surface area is 105 Å². The van der Waals surface area contributed by atoms with Gasteiger partial charge in [-0.05, 0) is 12.1 Å². The van der Waals surface area contributed by atoms with E-state index in [1.807, 2.05) is 0 Å². The van der Waals surface area contributed by atoms with E-state index < -0.39 is 17.5 Å². The smallest absolute Gasteiger partial charge is 0.238 e. The highest BCUT2D eigenvalue weighted by Gasteiger charge is 2.17. The van der Waals surface area contributed by atoms with Crippen LogP contribution in [-0.2, 0) is 0 Å². The zero-order valence-corrected chi connectivity index (χ0v) is 9.44. The van der Waals surface area contributed by atoms with E-state index >= 15 is 0 Å². The first kappa shape index (κ1) is 11.5. The molecule has 7 heteroatoms. The molecule has 0 atom stereocenters. The topological polar surface area (TPSA) is 56.2 Å². The summed E-state index contributed by atoms with van der Waals surface area (Å²) in [7, 11) is 0. The normalized spacial score (nSPS) is 11.1. The Kier molecular flexibility index (Phi) is 2.41. The number of anilines is 1. The second kappa shape index (κ2) is 3.98. The van der Waals surface area contributed by atoms with Gasteiger partial charge in [0.15, 0.2) is 17.5 Å². The summed E-state index contributed by atoms with van der Waals surface area (Å²) in [5.41, 5.74) is 5.42. The largest absolute Gasteiger partial charge is 0.367 e. The predicted octanol–water partition coefficient (Wildman–Crippen LogP) is 2.40. The van der Waals surface area contributed by atoms with Crippen molar-refractivity contribution >= 4 is 11.5 Å². The van der Waals surface area contributed by atoms with E-state index in [1.54, 1.807) is 0 Å². The molecule has 0 saturated carbocycles. The van der Waals surface area contributed by atoms with Crippen molar-refractivity contribution in [2.24, 2.45) is 0 Å². The highest BCUT2D eigenvalue weighted by atomic mass is 19.2. The van der Waals surface area contributed by atoms with Gasteiger partial charge in [-0.25, -0.2) is 22.7 Å². The summed E-state index contributed by atoms with van der Waals surface area (Å²) in [6.07, 6.45) is 1.18. The molecule has 0 unspecified atom stereocenters. The van der Waals surface area contributed by atoms with E-state index in [1.165, 1.54) is 18.3 Å². The SMILES string of the molecule is Nc1ncc2c(F)cc(-c3cccc(F)c3F)n2n1. The standard InChI is InChI=1S/C12H7F3N4/c13-7-3-1-2-6(11(7)15)9-4-8(14)10-5-17-12(16)18-19(9)10/h1-5H,(H2,16,18). The fourth-order valence-corrected chi connectivity index (χ4v) is 1.86. The van der Waals surface area contributed by atoms with Crippen LogP contribution in [0.25, 0.3) is 16.8 Å². The number of benzene rings is 1. The van der Waals surface area contributed by atoms with Crippen LogP contribution in [0.15, 0.2) is 30.5 Å². The van der Waals surface area contributed by atoms with Gasteiger partial charge in [-0.1, -0.05) is 6.07 Å². The molecule has 0 saturated heterocycles. The second-order valence-corrected chi connectivity index (χ2v) is 3.89. The number of rotatable bonds is 1. The van der Waals surface area contributed by atoms with Crippen LogP contribution in [0.5, 0.6) is 0 Å². The first-order chi connectivity index (χ1) is 9.08. The zero-order chi connectivity index (χ0) is 13.6. The molecule has 0 radical (unpaired) electrons. The summed E-state index contributed by atoms with van der Waals surface area (Å²) in [5.74, 6) is -2.83. The van der Waals surface area contributed by atoms with Crippen LogP contribution in [0.3, 0.4) is 0 Å². The van der Waals surface area contributed by atoms with Gasteiger partial charge in [0.05, 0.1) is 11.9 Å². The first-order valence-corrected chi connectivity index (χ1v) is 5.32. The van der Waals surface area contributed by atoms with Crippen LogP contribution < -0.4 is 5.73 Å². The summed E-state index contributed by atoms with van der Waals surface area (Å²) in [6.45, 7) is 0. The second-order valence-electron chi connectivity index (χ2n) is 3.89. The molecule has 0 bridgehead atoms. The lowest BCUT2D eigenvalue weighted by Gasteiger charge is -2.04. The van der Waals surface area contributed by atoms with E-state index in [0.717, 1.165) is 16.6 Å². The summed E-state index contributed by atoms with van der Waals surface area (Å²) in [6, 6.07) is 4.70. The van der Waals surface area contributed by atoms with Crippen LogP contribution in [0.2, 0.25) is 0 Å². The highest BCUT2D eigenvalue weighted by Crippen LogP contribution is 2.27. The highest BCUT2D eigenvalue weighted by molar-refractivity contribution is 5.67. The van der Waals surface area contributed by atoms with Crippen molar-refractivity contribution in [3.05, 3.63) is 47.9 Å². The van der Waals surface area contributed by atoms with E-state index in [4.69, 9.17) is 5.73 Å². The predicted molar refractivity (Wildman–Crippen MR) is 62.7 cm³/mol. The van der Waals surface area contributed by atoms with Crippen molar-refractivity contribution < 1.29 is 13.2 Å². The molecule has 19 heavy (non-hydrogen) atoms. The Bertz CT molecular complexity index is 782. The molecule has 0 fully saturated rings. The lowest BCUT2D eigenvalue weighted by molar-refractivity contribution is 0.510. The van der Waals surface area contributed by atoms with Crippen LogP contribution in [0.4, 0.5) is 19.1 Å². The summed E-state index contributed by atoms with van der Waals surface area (Å²) >= 11 is 0. The van der Waals surface area contributed by atoms with Gasteiger partial charge in [0.1, 0.15) is 5.52 Å². The third-order valence-electron chi connectivity index (χ3n) is 2.71. The maximum absolute atomic E-state index is 13.7. The molecule has 3 rings (SSSR count). The molecule has 3 aromatic rings. The molecule has 0 aliphatic carbocycles. The van der Waals surface area contributed by atoms with Crippen molar-refractivity contribution in [3.8, 4) is 11.3 Å². The minimum atomic E-state index is -1.07. The maximum Gasteiger partial charge on any atom is 0.238 e. The number of nitrogens with zero attached hydrogens (tertiary/aromatic N) is 3. The van der Waals surface area contributed by atoms with Crippen LogP contribution >= 0.6 is 0 Å². The van der Waals surface area contributed by atoms with Gasteiger partial charge >= 0.3 is 0 Å². The van der Waals surface area contributed by atoms with E-state index in [0.29, 0.717) is 0 Å². The van der Waals surface area contributed by atoms with Crippen LogP contribution in [0.1, 0.15) is 0 Å². The quantitative estimate of drug-likeness (QED) is 0.734. The average Bonchev–Trinajstić information content (AvgIpc) is 2.70. The van der Waals surface area contributed by atoms with Gasteiger partial charge in [-0.15, -0.1) is 5.10 Å². The molecule has 2 aromatic heterocycles. The van der Waals surface area contributed by atoms with Gasteiger partial charge in [-0.3, -0.25) is 0 Å². The Morgan fingerprint density at radius 1 is 1.11 bits per heavy atom. The third-order valence-corrected chi connectivity index (χ3v) is 2.71. The minimum absolute atomic E-state index is 0.0351. The number of aromatic nitrogens is 3. The Morgan fingerprint density at radius 3 is 2.68 bits per heavy atom. The summed E-state index contributed by atoms with van der Waals surface area (Å²) in [5, 5.41) is 3.80. The van der Waals surface area contributed by atoms with Crippen molar-refractivity contribution in [1.82, 2.24) is 14.6 Å². The molecule has 2 heterocycles. The minimum Gasteiger partial charge on any atom is -0.367 e. The fraction of sp³-hybridized carbons (Fsp3) is 0. The lowest BCUT2D eigenvalue weighted by atomic mass is 10.1. The number of nitrogen functional groups attached to an aromatic ring is 1. The van der Waals surface area contributed by atoms with Gasteiger partial charge in [0, 0.05) is 11.6 Å². The number of nitrogens with two attached hydrogens (primary N) is 1. The van der Waals surface area contributed by atoms with Crippen LogP contribution in [0, 0.1) is 17.5 Å². The third kappa shape index (κ3) is 1.70. The summed E-state index contributed by atoms with van der Waals surface area (Å²) in [4.78, 5) is 3.65. The molecule has 2 N–H and O–H groups in total. The number of halogens is 3. The number of hydrogen-bond donors (Lipinski definition) is 1. The Balaban J connectivity index is 2.37. The molecule has 96 valence electrons. The van der Waals surface area contributed by atoms with Crippen molar-refractivity contribution in [1.29, 1.82) is 0 Å². The Morgan fingerprint density at radius 2 is 1.89 bits per heavy atom. The van der Waals surface area contributed by atoms with Gasteiger partial charge < -0.3 is 5.73 Å². The molecular weight excluding hydrogens is 257 g/mol. The van der Waals surface area contributed by atoms with Crippen LogP contribution in [-0.4, -0.2) is 14.6 Å². The molecular formula is C12H7F3N4. The van der Waals surface area contributed by atoms with E-state index in [-0.39, 0.29) is 22.7 Å². The van der Waals surface area contributed by atoms with Crippen molar-refractivity contribution in [2.75, 3.05) is 5.73 Å². The maximum atomic E-state index is 13.7. The molecule has 4 nitrogen and oxygen atoms in total. The van der Waals surface area contributed by atoms with Crippen molar-refractivity contribution in [2.45, 2.75) is 0 Å². The average molecular weight is 264 g/mol.